The Morgan fingerprint density at radius 2 is 1.96 bits per heavy atom. The van der Waals surface area contributed by atoms with E-state index in [1.807, 2.05) is 0 Å². The van der Waals surface area contributed by atoms with Crippen LogP contribution < -0.4 is 10.6 Å². The predicted octanol–water partition coefficient (Wildman–Crippen LogP) is 3.38. The molecule has 4 nitrogen and oxygen atoms in total. The predicted molar refractivity (Wildman–Crippen MR) is 112 cm³/mol. The lowest BCUT2D eigenvalue weighted by molar-refractivity contribution is -0.125. The lowest BCUT2D eigenvalue weighted by Gasteiger charge is -2.31. The Bertz CT molecular complexity index is 550. The minimum Gasteiger partial charge on any atom is -0.352 e. The van der Waals surface area contributed by atoms with Crippen LogP contribution in [0.15, 0.2) is 24.3 Å². The number of piperidine rings is 2. The Kier molecular flexibility index (Phi) is 10.6. The molecule has 2 aliphatic rings. The third-order valence-corrected chi connectivity index (χ3v) is 5.37. The van der Waals surface area contributed by atoms with Gasteiger partial charge in [0.1, 0.15) is 0 Å². The lowest BCUT2D eigenvalue weighted by atomic mass is 9.98. The van der Waals surface area contributed by atoms with Crippen molar-refractivity contribution in [2.75, 3.05) is 26.2 Å². The van der Waals surface area contributed by atoms with Crippen LogP contribution in [0.25, 0.3) is 0 Å². The van der Waals surface area contributed by atoms with Crippen LogP contribution in [0.4, 0.5) is 0 Å². The molecule has 2 fully saturated rings. The summed E-state index contributed by atoms with van der Waals surface area (Å²) in [6.45, 7) is 8.24. The van der Waals surface area contributed by atoms with Gasteiger partial charge in [0, 0.05) is 26.2 Å². The highest BCUT2D eigenvalue weighted by Gasteiger charge is 2.21. The molecule has 2 heterocycles. The smallest absolute Gasteiger partial charge is 0.224 e. The van der Waals surface area contributed by atoms with Crippen molar-refractivity contribution in [1.29, 1.82) is 0 Å². The molecule has 26 heavy (non-hydrogen) atoms. The number of nitrogens with one attached hydrogen (secondary N) is 2. The molecule has 3 rings (SSSR count). The number of rotatable bonds is 5. The van der Waals surface area contributed by atoms with E-state index in [1.54, 1.807) is 0 Å². The molecule has 0 bridgehead atoms. The summed E-state index contributed by atoms with van der Waals surface area (Å²) in [6.07, 6.45) is 4.76. The fourth-order valence-corrected chi connectivity index (χ4v) is 3.96. The number of carbonyl (C=O) groups is 1. The van der Waals surface area contributed by atoms with Crippen LogP contribution >= 0.6 is 24.8 Å². The quantitative estimate of drug-likeness (QED) is 0.794. The Labute approximate surface area is 170 Å². The first kappa shape index (κ1) is 23.2. The number of benzene rings is 1. The monoisotopic (exact) mass is 401 g/mol. The van der Waals surface area contributed by atoms with Crippen LogP contribution in [0, 0.1) is 11.8 Å². The van der Waals surface area contributed by atoms with Gasteiger partial charge in [-0.3, -0.25) is 9.69 Å². The molecule has 2 N–H and O–H groups in total. The fourth-order valence-electron chi connectivity index (χ4n) is 3.96. The number of hydrogen-bond acceptors (Lipinski definition) is 3. The van der Waals surface area contributed by atoms with Crippen LogP contribution in [0.5, 0.6) is 0 Å². The number of halogens is 2. The van der Waals surface area contributed by atoms with E-state index in [-0.39, 0.29) is 36.6 Å². The second-order valence-electron chi connectivity index (χ2n) is 7.51. The molecule has 1 aromatic carbocycles. The zero-order chi connectivity index (χ0) is 16.8. The molecule has 2 unspecified atom stereocenters. The van der Waals surface area contributed by atoms with Gasteiger partial charge in [-0.2, -0.15) is 0 Å². The molecule has 0 aromatic heterocycles. The standard InChI is InChI=1S/C20H31N3O.2ClH/c1-16-6-5-11-23(14-16)15-19-8-3-2-7-17(19)13-22-20(24)18-9-4-10-21-12-18;;/h2-3,7-8,16,18,21H,4-6,9-15H2,1H3,(H,22,24);2*1H. The van der Waals surface area contributed by atoms with Crippen molar-refractivity contribution in [1.82, 2.24) is 15.5 Å². The molecule has 6 heteroatoms. The number of carbonyl (C=O) groups excluding carboxylic acids is 1. The highest BCUT2D eigenvalue weighted by molar-refractivity contribution is 5.85. The Balaban J connectivity index is 0.00000169. The molecule has 0 saturated carbocycles. The summed E-state index contributed by atoms with van der Waals surface area (Å²) >= 11 is 0. The van der Waals surface area contributed by atoms with E-state index in [0.717, 1.165) is 38.4 Å². The molecule has 0 radical (unpaired) electrons. The Hall–Kier alpha value is -0.810. The van der Waals surface area contributed by atoms with Gasteiger partial charge in [0.15, 0.2) is 0 Å². The van der Waals surface area contributed by atoms with E-state index in [9.17, 15) is 4.79 Å². The van der Waals surface area contributed by atoms with Crippen molar-refractivity contribution in [3.05, 3.63) is 35.4 Å². The molecule has 1 amide bonds. The van der Waals surface area contributed by atoms with E-state index in [0.29, 0.717) is 6.54 Å². The average molecular weight is 402 g/mol. The third kappa shape index (κ3) is 6.73. The van der Waals surface area contributed by atoms with E-state index in [1.165, 1.54) is 37.1 Å². The maximum Gasteiger partial charge on any atom is 0.224 e. The molecule has 1 aromatic rings. The van der Waals surface area contributed by atoms with Gasteiger partial charge in [0.2, 0.25) is 5.91 Å². The highest BCUT2D eigenvalue weighted by atomic mass is 35.5. The van der Waals surface area contributed by atoms with Crippen LogP contribution in [0.1, 0.15) is 43.7 Å². The fraction of sp³-hybridized carbons (Fsp3) is 0.650. The third-order valence-electron chi connectivity index (χ3n) is 5.37. The number of likely N-dealkylation sites (tertiary alicyclic amines) is 1. The van der Waals surface area contributed by atoms with E-state index in [4.69, 9.17) is 0 Å². The van der Waals surface area contributed by atoms with Gasteiger partial charge in [0.25, 0.3) is 0 Å². The van der Waals surface area contributed by atoms with Gasteiger partial charge < -0.3 is 10.6 Å². The lowest BCUT2D eigenvalue weighted by Crippen LogP contribution is -2.40. The van der Waals surface area contributed by atoms with Gasteiger partial charge in [-0.15, -0.1) is 24.8 Å². The van der Waals surface area contributed by atoms with Crippen molar-refractivity contribution in [2.24, 2.45) is 11.8 Å². The summed E-state index contributed by atoms with van der Waals surface area (Å²) in [4.78, 5) is 14.9. The molecule has 0 aliphatic carbocycles. The second-order valence-corrected chi connectivity index (χ2v) is 7.51. The summed E-state index contributed by atoms with van der Waals surface area (Å²) in [5, 5.41) is 6.47. The first-order valence-electron chi connectivity index (χ1n) is 9.50. The second kappa shape index (κ2) is 11.8. The average Bonchev–Trinajstić information content (AvgIpc) is 2.61. The summed E-state index contributed by atoms with van der Waals surface area (Å²) in [5.41, 5.74) is 2.61. The van der Waals surface area contributed by atoms with E-state index in [2.05, 4.69) is 46.7 Å². The number of amides is 1. The van der Waals surface area contributed by atoms with Gasteiger partial charge in [-0.1, -0.05) is 31.2 Å². The maximum absolute atomic E-state index is 12.4. The Morgan fingerprint density at radius 1 is 1.19 bits per heavy atom. The first-order chi connectivity index (χ1) is 11.7. The zero-order valence-corrected chi connectivity index (χ0v) is 17.3. The minimum atomic E-state index is 0. The summed E-state index contributed by atoms with van der Waals surface area (Å²) in [7, 11) is 0. The SMILES string of the molecule is CC1CCCN(Cc2ccccc2CNC(=O)C2CCCNC2)C1.Cl.Cl. The van der Waals surface area contributed by atoms with Crippen molar-refractivity contribution < 1.29 is 4.79 Å². The van der Waals surface area contributed by atoms with Crippen LogP contribution in [-0.4, -0.2) is 37.0 Å². The largest absolute Gasteiger partial charge is 0.352 e. The van der Waals surface area contributed by atoms with Gasteiger partial charge in [0.05, 0.1) is 5.92 Å². The minimum absolute atomic E-state index is 0. The van der Waals surface area contributed by atoms with Gasteiger partial charge >= 0.3 is 0 Å². The summed E-state index contributed by atoms with van der Waals surface area (Å²) < 4.78 is 0. The highest BCUT2D eigenvalue weighted by Crippen LogP contribution is 2.19. The molecule has 148 valence electrons. The Morgan fingerprint density at radius 3 is 2.65 bits per heavy atom. The van der Waals surface area contributed by atoms with Crippen LogP contribution in [0.2, 0.25) is 0 Å². The van der Waals surface area contributed by atoms with Crippen molar-refractivity contribution in [2.45, 2.75) is 45.7 Å². The van der Waals surface area contributed by atoms with Crippen LogP contribution in [-0.2, 0) is 17.9 Å². The summed E-state index contributed by atoms with van der Waals surface area (Å²) in [6, 6.07) is 8.55. The van der Waals surface area contributed by atoms with Gasteiger partial charge in [-0.25, -0.2) is 0 Å². The topological polar surface area (TPSA) is 44.4 Å². The van der Waals surface area contributed by atoms with Gasteiger partial charge in [-0.05, 0) is 55.8 Å². The van der Waals surface area contributed by atoms with Crippen LogP contribution in [0.3, 0.4) is 0 Å². The van der Waals surface area contributed by atoms with E-state index >= 15 is 0 Å². The first-order valence-corrected chi connectivity index (χ1v) is 9.50. The van der Waals surface area contributed by atoms with Crippen molar-refractivity contribution >= 4 is 30.7 Å². The van der Waals surface area contributed by atoms with Crippen molar-refractivity contribution in [3.8, 4) is 0 Å². The molecule has 2 saturated heterocycles. The number of nitrogens with zero attached hydrogens (tertiary/aromatic N) is 1. The maximum atomic E-state index is 12.4. The molecule has 2 aliphatic heterocycles. The zero-order valence-electron chi connectivity index (χ0n) is 15.7. The van der Waals surface area contributed by atoms with Crippen molar-refractivity contribution in [3.63, 3.8) is 0 Å². The van der Waals surface area contributed by atoms with E-state index < -0.39 is 0 Å². The molecular formula is C20H33Cl2N3O. The molecular weight excluding hydrogens is 369 g/mol. The number of hydrogen-bond donors (Lipinski definition) is 2. The molecule has 0 spiro atoms. The molecule has 2 atom stereocenters. The normalized spacial score (nSPS) is 23.4. The summed E-state index contributed by atoms with van der Waals surface area (Å²) in [5.74, 6) is 1.13.